The number of rotatable bonds is 9. The molecule has 0 heterocycles. The minimum atomic E-state index is -3.57. The first-order chi connectivity index (χ1) is 9.90. The molecule has 1 unspecified atom stereocenters. The van der Waals surface area contributed by atoms with E-state index in [0.717, 1.165) is 12.1 Å². The van der Waals surface area contributed by atoms with Crippen molar-refractivity contribution in [3.05, 3.63) is 28.2 Å². The average Bonchev–Trinajstić information content (AvgIpc) is 2.43. The summed E-state index contributed by atoms with van der Waals surface area (Å²) in [6.07, 6.45) is 0. The molecule has 120 valence electrons. The van der Waals surface area contributed by atoms with E-state index in [1.165, 1.54) is 0 Å². The fourth-order valence-corrected chi connectivity index (χ4v) is 4.03. The van der Waals surface area contributed by atoms with Gasteiger partial charge in [-0.25, -0.2) is 13.1 Å². The highest BCUT2D eigenvalue weighted by Gasteiger charge is 2.20. The largest absolute Gasteiger partial charge is 0.380 e. The molecular weight excluding hydrogens is 356 g/mol. The zero-order valence-corrected chi connectivity index (χ0v) is 15.1. The maximum atomic E-state index is 12.4. The molecule has 1 aromatic rings. The summed E-state index contributed by atoms with van der Waals surface area (Å²) in [5.74, 6) is 0. The molecule has 0 saturated heterocycles. The Hall–Kier alpha value is -0.470. The molecule has 21 heavy (non-hydrogen) atoms. The third-order valence-electron chi connectivity index (χ3n) is 2.79. The third-order valence-corrected chi connectivity index (χ3v) is 5.38. The van der Waals surface area contributed by atoms with Crippen molar-refractivity contribution < 1.29 is 13.2 Å². The lowest BCUT2D eigenvalue weighted by Crippen LogP contribution is -2.36. The van der Waals surface area contributed by atoms with Crippen LogP contribution in [-0.2, 0) is 21.3 Å². The Balaban J connectivity index is 2.90. The predicted octanol–water partition coefficient (Wildman–Crippen LogP) is 2.26. The van der Waals surface area contributed by atoms with Gasteiger partial charge >= 0.3 is 0 Å². The molecule has 1 aromatic carbocycles. The molecular formula is C14H23BrN2O3S. The van der Waals surface area contributed by atoms with Gasteiger partial charge in [0.25, 0.3) is 0 Å². The summed E-state index contributed by atoms with van der Waals surface area (Å²) in [5.41, 5.74) is 0.929. The predicted molar refractivity (Wildman–Crippen MR) is 87.8 cm³/mol. The molecule has 2 N–H and O–H groups in total. The van der Waals surface area contributed by atoms with Crippen LogP contribution in [-0.4, -0.2) is 34.2 Å². The summed E-state index contributed by atoms with van der Waals surface area (Å²) < 4.78 is 33.3. The van der Waals surface area contributed by atoms with E-state index in [0.29, 0.717) is 24.2 Å². The molecule has 1 atom stereocenters. The Morgan fingerprint density at radius 2 is 2.05 bits per heavy atom. The highest BCUT2D eigenvalue weighted by atomic mass is 79.9. The standard InChI is InChI=1S/C14H23BrN2O3S/c1-4-16-9-12-6-7-13(15)14(8-12)21(18,19)17-11(3)10-20-5-2/h6-8,11,16-17H,4-5,9-10H2,1-3H3. The molecule has 0 spiro atoms. The minimum Gasteiger partial charge on any atom is -0.380 e. The van der Waals surface area contributed by atoms with Crippen molar-refractivity contribution in [2.45, 2.75) is 38.3 Å². The fourth-order valence-electron chi connectivity index (χ4n) is 1.79. The maximum Gasteiger partial charge on any atom is 0.242 e. The molecule has 7 heteroatoms. The van der Waals surface area contributed by atoms with E-state index in [9.17, 15) is 8.42 Å². The van der Waals surface area contributed by atoms with E-state index in [1.54, 1.807) is 19.1 Å². The molecule has 0 aliphatic heterocycles. The Kier molecular flexibility index (Phi) is 7.83. The smallest absolute Gasteiger partial charge is 0.242 e. The van der Waals surface area contributed by atoms with Crippen LogP contribution in [0.25, 0.3) is 0 Å². The van der Waals surface area contributed by atoms with Crippen molar-refractivity contribution in [3.8, 4) is 0 Å². The van der Waals surface area contributed by atoms with Crippen LogP contribution < -0.4 is 10.0 Å². The van der Waals surface area contributed by atoms with Crippen molar-refractivity contribution in [1.29, 1.82) is 0 Å². The van der Waals surface area contributed by atoms with Crippen LogP contribution in [0.2, 0.25) is 0 Å². The molecule has 0 fully saturated rings. The highest BCUT2D eigenvalue weighted by molar-refractivity contribution is 9.10. The van der Waals surface area contributed by atoms with Gasteiger partial charge in [-0.1, -0.05) is 13.0 Å². The Morgan fingerprint density at radius 3 is 2.67 bits per heavy atom. The lowest BCUT2D eigenvalue weighted by molar-refractivity contribution is 0.133. The molecule has 0 bridgehead atoms. The molecule has 0 saturated carbocycles. The quantitative estimate of drug-likeness (QED) is 0.691. The van der Waals surface area contributed by atoms with Crippen LogP contribution in [0, 0.1) is 0 Å². The van der Waals surface area contributed by atoms with Crippen LogP contribution in [0.1, 0.15) is 26.3 Å². The average molecular weight is 379 g/mol. The number of benzene rings is 1. The first-order valence-electron chi connectivity index (χ1n) is 7.00. The fraction of sp³-hybridized carbons (Fsp3) is 0.571. The first-order valence-corrected chi connectivity index (χ1v) is 9.27. The second-order valence-corrected chi connectivity index (χ2v) is 7.26. The normalized spacial score (nSPS) is 13.3. The van der Waals surface area contributed by atoms with Gasteiger partial charge in [-0.2, -0.15) is 0 Å². The van der Waals surface area contributed by atoms with Crippen molar-refractivity contribution in [2.24, 2.45) is 0 Å². The summed E-state index contributed by atoms with van der Waals surface area (Å²) >= 11 is 3.31. The van der Waals surface area contributed by atoms with Gasteiger partial charge < -0.3 is 10.1 Å². The number of nitrogens with one attached hydrogen (secondary N) is 2. The van der Waals surface area contributed by atoms with Crippen molar-refractivity contribution >= 4 is 26.0 Å². The van der Waals surface area contributed by atoms with E-state index < -0.39 is 10.0 Å². The molecule has 0 amide bonds. The Morgan fingerprint density at radius 1 is 1.33 bits per heavy atom. The minimum absolute atomic E-state index is 0.251. The van der Waals surface area contributed by atoms with Gasteiger partial charge in [-0.15, -0.1) is 0 Å². The van der Waals surface area contributed by atoms with Crippen molar-refractivity contribution in [3.63, 3.8) is 0 Å². The number of halogens is 1. The third kappa shape index (κ3) is 6.04. The first kappa shape index (κ1) is 18.6. The van der Waals surface area contributed by atoms with E-state index in [4.69, 9.17) is 4.74 Å². The zero-order chi connectivity index (χ0) is 15.9. The van der Waals surface area contributed by atoms with E-state index in [1.807, 2.05) is 19.9 Å². The van der Waals surface area contributed by atoms with Gasteiger partial charge in [0.05, 0.1) is 11.5 Å². The van der Waals surface area contributed by atoms with Gasteiger partial charge in [0.1, 0.15) is 0 Å². The number of ether oxygens (including phenoxy) is 1. The lowest BCUT2D eigenvalue weighted by Gasteiger charge is -2.15. The van der Waals surface area contributed by atoms with Crippen molar-refractivity contribution in [1.82, 2.24) is 10.0 Å². The highest BCUT2D eigenvalue weighted by Crippen LogP contribution is 2.23. The van der Waals surface area contributed by atoms with Gasteiger partial charge in [0, 0.05) is 23.7 Å². The summed E-state index contributed by atoms with van der Waals surface area (Å²) in [5, 5.41) is 3.18. The van der Waals surface area contributed by atoms with Gasteiger partial charge in [-0.3, -0.25) is 0 Å². The maximum absolute atomic E-state index is 12.4. The molecule has 5 nitrogen and oxygen atoms in total. The second kappa shape index (κ2) is 8.85. The summed E-state index contributed by atoms with van der Waals surface area (Å²) in [6.45, 7) is 8.06. The van der Waals surface area contributed by atoms with Crippen molar-refractivity contribution in [2.75, 3.05) is 19.8 Å². The molecule has 0 aromatic heterocycles. The number of sulfonamides is 1. The molecule has 0 aliphatic rings. The summed E-state index contributed by atoms with van der Waals surface area (Å²) in [7, 11) is -3.57. The van der Waals surface area contributed by atoms with Crippen LogP contribution in [0.3, 0.4) is 0 Å². The zero-order valence-electron chi connectivity index (χ0n) is 12.6. The molecule has 0 aliphatic carbocycles. The van der Waals surface area contributed by atoms with Crippen LogP contribution in [0.4, 0.5) is 0 Å². The van der Waals surface area contributed by atoms with E-state index in [2.05, 4.69) is 26.0 Å². The lowest BCUT2D eigenvalue weighted by atomic mass is 10.2. The van der Waals surface area contributed by atoms with Crippen LogP contribution in [0.15, 0.2) is 27.6 Å². The van der Waals surface area contributed by atoms with E-state index in [-0.39, 0.29) is 10.9 Å². The van der Waals surface area contributed by atoms with Gasteiger partial charge in [-0.05, 0) is 54.0 Å². The van der Waals surface area contributed by atoms with Crippen LogP contribution >= 0.6 is 15.9 Å². The van der Waals surface area contributed by atoms with Gasteiger partial charge in [0.2, 0.25) is 10.0 Å². The van der Waals surface area contributed by atoms with Gasteiger partial charge in [0.15, 0.2) is 0 Å². The Bertz CT molecular complexity index is 549. The summed E-state index contributed by atoms with van der Waals surface area (Å²) in [4.78, 5) is 0.251. The van der Waals surface area contributed by atoms with E-state index >= 15 is 0 Å². The Labute approximate surface area is 135 Å². The summed E-state index contributed by atoms with van der Waals surface area (Å²) in [6, 6.07) is 5.06. The molecule has 0 radical (unpaired) electrons. The second-order valence-electron chi connectivity index (χ2n) is 4.73. The molecule has 1 rings (SSSR count). The number of hydrogen-bond donors (Lipinski definition) is 2. The van der Waals surface area contributed by atoms with Crippen LogP contribution in [0.5, 0.6) is 0 Å². The topological polar surface area (TPSA) is 67.4 Å². The SMILES string of the molecule is CCNCc1ccc(Br)c(S(=O)(=O)NC(C)COCC)c1. The number of hydrogen-bond acceptors (Lipinski definition) is 4. The monoisotopic (exact) mass is 378 g/mol.